The van der Waals surface area contributed by atoms with Crippen molar-refractivity contribution in [2.75, 3.05) is 0 Å². The third kappa shape index (κ3) is 4.67. The molecule has 0 aromatic heterocycles. The highest BCUT2D eigenvalue weighted by Crippen LogP contribution is 2.15. The second-order valence-electron chi connectivity index (χ2n) is 2.48. The first-order valence-electron chi connectivity index (χ1n) is 3.17. The highest BCUT2D eigenvalue weighted by atomic mass is 32.1. The van der Waals surface area contributed by atoms with Gasteiger partial charge in [0.15, 0.2) is 5.60 Å². The van der Waals surface area contributed by atoms with Crippen molar-refractivity contribution >= 4 is 31.4 Å². The van der Waals surface area contributed by atoms with E-state index in [1.54, 1.807) is 0 Å². The van der Waals surface area contributed by atoms with Crippen LogP contribution in [-0.4, -0.2) is 43.9 Å². The Hall–Kier alpha value is -1.28. The van der Waals surface area contributed by atoms with Crippen LogP contribution in [-0.2, 0) is 14.4 Å². The van der Waals surface area contributed by atoms with Crippen molar-refractivity contribution in [2.45, 2.75) is 18.4 Å². The molecule has 8 heteroatoms. The molecule has 4 N–H and O–H groups in total. The van der Waals surface area contributed by atoms with Gasteiger partial charge in [-0.1, -0.05) is 0 Å². The Kier molecular flexibility index (Phi) is 5.92. The molecular weight excluding hydrogens is 216 g/mol. The van der Waals surface area contributed by atoms with Gasteiger partial charge in [-0.3, -0.25) is 9.59 Å². The van der Waals surface area contributed by atoms with Crippen LogP contribution in [0.4, 0.5) is 0 Å². The van der Waals surface area contributed by atoms with Gasteiger partial charge in [-0.05, 0) is 0 Å². The molecule has 0 heterocycles. The Labute approximate surface area is 85.4 Å². The Morgan fingerprint density at radius 2 is 1.21 bits per heavy atom. The molecule has 82 valence electrons. The summed E-state index contributed by atoms with van der Waals surface area (Å²) in [6, 6.07) is 0. The number of aliphatic carboxylic acids is 3. The Bertz CT molecular complexity index is 233. The van der Waals surface area contributed by atoms with Crippen LogP contribution >= 0.6 is 13.5 Å². The lowest BCUT2D eigenvalue weighted by molar-refractivity contribution is -0.170. The van der Waals surface area contributed by atoms with Gasteiger partial charge in [-0.2, -0.15) is 13.5 Å². The molecular formula is C6H10O7S. The van der Waals surface area contributed by atoms with Crippen LogP contribution in [0, 0.1) is 0 Å². The number of hydrogen-bond donors (Lipinski definition) is 4. The third-order valence-corrected chi connectivity index (χ3v) is 1.29. The summed E-state index contributed by atoms with van der Waals surface area (Å²) in [4.78, 5) is 30.5. The maximum Gasteiger partial charge on any atom is 0.336 e. The number of hydrogen-bond acceptors (Lipinski definition) is 4. The molecule has 0 atom stereocenters. The van der Waals surface area contributed by atoms with E-state index in [2.05, 4.69) is 0 Å². The molecule has 0 aliphatic rings. The zero-order valence-corrected chi connectivity index (χ0v) is 7.93. The third-order valence-electron chi connectivity index (χ3n) is 1.29. The van der Waals surface area contributed by atoms with Gasteiger partial charge >= 0.3 is 17.9 Å². The first kappa shape index (κ1) is 15.2. The number of aliphatic hydroxyl groups is 1. The van der Waals surface area contributed by atoms with Crippen LogP contribution in [0.2, 0.25) is 0 Å². The van der Waals surface area contributed by atoms with E-state index in [9.17, 15) is 14.4 Å². The average Bonchev–Trinajstić information content (AvgIpc) is 1.82. The van der Waals surface area contributed by atoms with Gasteiger partial charge in [0.1, 0.15) is 0 Å². The molecule has 14 heavy (non-hydrogen) atoms. The molecule has 0 amide bonds. The number of carboxylic acid groups (broad SMARTS) is 3. The maximum absolute atomic E-state index is 10.3. The molecule has 0 bridgehead atoms. The molecule has 0 fully saturated rings. The van der Waals surface area contributed by atoms with Gasteiger partial charge in [0, 0.05) is 0 Å². The lowest BCUT2D eigenvalue weighted by atomic mass is 9.96. The van der Waals surface area contributed by atoms with Crippen LogP contribution in [0.5, 0.6) is 0 Å². The van der Waals surface area contributed by atoms with Crippen molar-refractivity contribution in [1.82, 2.24) is 0 Å². The van der Waals surface area contributed by atoms with E-state index in [0.29, 0.717) is 0 Å². The fourth-order valence-electron chi connectivity index (χ4n) is 0.714. The van der Waals surface area contributed by atoms with Gasteiger partial charge in [-0.25, -0.2) is 4.79 Å². The summed E-state index contributed by atoms with van der Waals surface area (Å²) in [6.07, 6.45) is -2.29. The van der Waals surface area contributed by atoms with Crippen molar-refractivity contribution in [2.24, 2.45) is 0 Å². The summed E-state index contributed by atoms with van der Waals surface area (Å²) in [7, 11) is 0. The minimum absolute atomic E-state index is 0. The van der Waals surface area contributed by atoms with Crippen molar-refractivity contribution < 1.29 is 34.8 Å². The summed E-state index contributed by atoms with van der Waals surface area (Å²) in [5.41, 5.74) is -2.74. The zero-order chi connectivity index (χ0) is 10.6. The predicted octanol–water partition coefficient (Wildman–Crippen LogP) is -1.14. The fraction of sp³-hybridized carbons (Fsp3) is 0.500. The van der Waals surface area contributed by atoms with Crippen molar-refractivity contribution in [3.63, 3.8) is 0 Å². The summed E-state index contributed by atoms with van der Waals surface area (Å²) in [5, 5.41) is 33.8. The second-order valence-corrected chi connectivity index (χ2v) is 2.48. The van der Waals surface area contributed by atoms with Crippen molar-refractivity contribution in [1.29, 1.82) is 0 Å². The van der Waals surface area contributed by atoms with E-state index in [1.165, 1.54) is 0 Å². The van der Waals surface area contributed by atoms with Crippen LogP contribution in [0.3, 0.4) is 0 Å². The van der Waals surface area contributed by atoms with Crippen LogP contribution in [0.15, 0.2) is 0 Å². The van der Waals surface area contributed by atoms with Crippen molar-refractivity contribution in [3.8, 4) is 0 Å². The minimum Gasteiger partial charge on any atom is -0.481 e. The SMILES string of the molecule is O=C(O)CC(O)(CC(=O)O)C(=O)O.S. The smallest absolute Gasteiger partial charge is 0.336 e. The molecule has 0 unspecified atom stereocenters. The lowest BCUT2D eigenvalue weighted by Crippen LogP contribution is -2.42. The first-order chi connectivity index (χ1) is 5.78. The summed E-state index contributed by atoms with van der Waals surface area (Å²) in [6.45, 7) is 0. The molecule has 0 saturated carbocycles. The quantitative estimate of drug-likeness (QED) is 0.466. The zero-order valence-electron chi connectivity index (χ0n) is 6.93. The number of carbonyl (C=O) groups is 3. The van der Waals surface area contributed by atoms with Gasteiger partial charge in [0.2, 0.25) is 0 Å². The number of carboxylic acids is 3. The van der Waals surface area contributed by atoms with E-state index >= 15 is 0 Å². The largest absolute Gasteiger partial charge is 0.481 e. The van der Waals surface area contributed by atoms with E-state index < -0.39 is 36.4 Å². The van der Waals surface area contributed by atoms with Crippen LogP contribution in [0.25, 0.3) is 0 Å². The monoisotopic (exact) mass is 226 g/mol. The molecule has 0 radical (unpaired) electrons. The molecule has 0 rings (SSSR count). The predicted molar refractivity (Wildman–Crippen MR) is 47.5 cm³/mol. The molecule has 0 spiro atoms. The maximum atomic E-state index is 10.3. The van der Waals surface area contributed by atoms with Crippen molar-refractivity contribution in [3.05, 3.63) is 0 Å². The summed E-state index contributed by atoms with van der Waals surface area (Å²) < 4.78 is 0. The Morgan fingerprint density at radius 3 is 1.36 bits per heavy atom. The normalized spacial score (nSPS) is 10.1. The van der Waals surface area contributed by atoms with E-state index in [0.717, 1.165) is 0 Å². The Balaban J connectivity index is 0. The van der Waals surface area contributed by atoms with Gasteiger partial charge in [0.25, 0.3) is 0 Å². The molecule has 0 aliphatic carbocycles. The number of rotatable bonds is 5. The van der Waals surface area contributed by atoms with Crippen LogP contribution < -0.4 is 0 Å². The van der Waals surface area contributed by atoms with Crippen LogP contribution in [0.1, 0.15) is 12.8 Å². The van der Waals surface area contributed by atoms with E-state index in [1.807, 2.05) is 0 Å². The average molecular weight is 226 g/mol. The highest BCUT2D eigenvalue weighted by molar-refractivity contribution is 7.59. The molecule has 0 aromatic carbocycles. The second kappa shape index (κ2) is 5.45. The topological polar surface area (TPSA) is 132 Å². The van der Waals surface area contributed by atoms with Gasteiger partial charge in [-0.15, -0.1) is 0 Å². The minimum atomic E-state index is -2.74. The van der Waals surface area contributed by atoms with Gasteiger partial charge in [0.05, 0.1) is 12.8 Å². The highest BCUT2D eigenvalue weighted by Gasteiger charge is 2.40. The molecule has 0 aliphatic heterocycles. The first-order valence-corrected chi connectivity index (χ1v) is 3.17. The summed E-state index contributed by atoms with van der Waals surface area (Å²) in [5.74, 6) is -5.02. The molecule has 0 saturated heterocycles. The lowest BCUT2D eigenvalue weighted by Gasteiger charge is -2.18. The van der Waals surface area contributed by atoms with Gasteiger partial charge < -0.3 is 20.4 Å². The summed E-state index contributed by atoms with van der Waals surface area (Å²) >= 11 is 0. The molecule has 0 aromatic rings. The Morgan fingerprint density at radius 1 is 0.929 bits per heavy atom. The molecule has 7 nitrogen and oxygen atoms in total. The van der Waals surface area contributed by atoms with E-state index in [-0.39, 0.29) is 13.5 Å². The van der Waals surface area contributed by atoms with E-state index in [4.69, 9.17) is 20.4 Å². The standard InChI is InChI=1S/C6H8O7.H2S/c7-3(8)1-6(13,5(11)12)2-4(9)10;/h13H,1-2H2,(H,7,8)(H,9,10)(H,11,12);1H2. The fourth-order valence-corrected chi connectivity index (χ4v) is 0.714.